The van der Waals surface area contributed by atoms with Crippen molar-refractivity contribution in [3.8, 4) is 0 Å². The highest BCUT2D eigenvalue weighted by atomic mass is 16.4. The van der Waals surface area contributed by atoms with Crippen LogP contribution in [0.25, 0.3) is 10.8 Å². The fourth-order valence-electron chi connectivity index (χ4n) is 1.75. The Morgan fingerprint density at radius 2 is 2.00 bits per heavy atom. The van der Waals surface area contributed by atoms with E-state index in [0.29, 0.717) is 5.39 Å². The topological polar surface area (TPSA) is 57.5 Å². The average Bonchev–Trinajstić information content (AvgIpc) is 2.27. The van der Waals surface area contributed by atoms with Crippen LogP contribution in [0.3, 0.4) is 0 Å². The standard InChI is InChI=1S/C13H12O3/c1-8(14)9-5-6-11-10(7-9)3-2-4-12(11)13(15)16/h2-8,14H,1H3,(H,15,16). The van der Waals surface area contributed by atoms with Crippen LogP contribution in [0.4, 0.5) is 0 Å². The van der Waals surface area contributed by atoms with Crippen molar-refractivity contribution >= 4 is 16.7 Å². The van der Waals surface area contributed by atoms with E-state index in [2.05, 4.69) is 0 Å². The molecule has 0 aliphatic rings. The molecule has 3 heteroatoms. The second-order valence-corrected chi connectivity index (χ2v) is 3.77. The van der Waals surface area contributed by atoms with Crippen molar-refractivity contribution in [2.24, 2.45) is 0 Å². The zero-order valence-electron chi connectivity index (χ0n) is 8.84. The lowest BCUT2D eigenvalue weighted by molar-refractivity contribution is 0.0699. The molecule has 0 fully saturated rings. The van der Waals surface area contributed by atoms with Gasteiger partial charge in [-0.25, -0.2) is 4.79 Å². The number of carboxylic acids is 1. The van der Waals surface area contributed by atoms with Crippen molar-refractivity contribution < 1.29 is 15.0 Å². The van der Waals surface area contributed by atoms with Crippen molar-refractivity contribution in [3.05, 3.63) is 47.5 Å². The number of hydrogen-bond acceptors (Lipinski definition) is 2. The maximum Gasteiger partial charge on any atom is 0.336 e. The Labute approximate surface area is 93.0 Å². The number of aliphatic hydroxyl groups is 1. The van der Waals surface area contributed by atoms with Gasteiger partial charge >= 0.3 is 5.97 Å². The molecule has 0 saturated heterocycles. The van der Waals surface area contributed by atoms with Crippen LogP contribution in [0.1, 0.15) is 28.9 Å². The zero-order valence-corrected chi connectivity index (χ0v) is 8.84. The van der Waals surface area contributed by atoms with Gasteiger partial charge in [0, 0.05) is 0 Å². The van der Waals surface area contributed by atoms with Gasteiger partial charge in [0.2, 0.25) is 0 Å². The Morgan fingerprint density at radius 3 is 2.62 bits per heavy atom. The summed E-state index contributed by atoms with van der Waals surface area (Å²) >= 11 is 0. The Kier molecular flexibility index (Phi) is 2.62. The van der Waals surface area contributed by atoms with Crippen LogP contribution >= 0.6 is 0 Å². The van der Waals surface area contributed by atoms with Crippen molar-refractivity contribution in [3.63, 3.8) is 0 Å². The zero-order chi connectivity index (χ0) is 11.7. The van der Waals surface area contributed by atoms with E-state index in [9.17, 15) is 9.90 Å². The molecule has 2 aromatic carbocycles. The van der Waals surface area contributed by atoms with Crippen LogP contribution in [0.5, 0.6) is 0 Å². The third-order valence-corrected chi connectivity index (χ3v) is 2.62. The molecule has 0 spiro atoms. The van der Waals surface area contributed by atoms with Crippen LogP contribution in [0.2, 0.25) is 0 Å². The van der Waals surface area contributed by atoms with E-state index in [1.54, 1.807) is 31.2 Å². The SMILES string of the molecule is CC(O)c1ccc2c(C(=O)O)cccc2c1. The highest BCUT2D eigenvalue weighted by molar-refractivity contribution is 6.03. The van der Waals surface area contributed by atoms with Crippen LogP contribution in [0.15, 0.2) is 36.4 Å². The molecule has 2 N–H and O–H groups in total. The smallest absolute Gasteiger partial charge is 0.336 e. The summed E-state index contributed by atoms with van der Waals surface area (Å²) in [4.78, 5) is 11.0. The highest BCUT2D eigenvalue weighted by Crippen LogP contribution is 2.23. The Morgan fingerprint density at radius 1 is 1.25 bits per heavy atom. The molecule has 0 saturated carbocycles. The van der Waals surface area contributed by atoms with Crippen molar-refractivity contribution in [1.82, 2.24) is 0 Å². The minimum absolute atomic E-state index is 0.287. The summed E-state index contributed by atoms with van der Waals surface area (Å²) in [6, 6.07) is 10.4. The molecule has 16 heavy (non-hydrogen) atoms. The summed E-state index contributed by atoms with van der Waals surface area (Å²) in [6.07, 6.45) is -0.544. The summed E-state index contributed by atoms with van der Waals surface area (Å²) in [6.45, 7) is 1.68. The minimum atomic E-state index is -0.935. The monoisotopic (exact) mass is 216 g/mol. The molecule has 1 unspecified atom stereocenters. The molecule has 2 aromatic rings. The summed E-state index contributed by atoms with van der Waals surface area (Å²) < 4.78 is 0. The van der Waals surface area contributed by atoms with E-state index < -0.39 is 12.1 Å². The largest absolute Gasteiger partial charge is 0.478 e. The third-order valence-electron chi connectivity index (χ3n) is 2.62. The molecule has 0 aliphatic heterocycles. The summed E-state index contributed by atoms with van der Waals surface area (Å²) in [5, 5.41) is 20.0. The fourth-order valence-corrected chi connectivity index (χ4v) is 1.75. The first-order valence-corrected chi connectivity index (χ1v) is 5.03. The van der Waals surface area contributed by atoms with E-state index in [1.807, 2.05) is 12.1 Å². The second kappa shape index (κ2) is 3.94. The van der Waals surface area contributed by atoms with Gasteiger partial charge in [0.1, 0.15) is 0 Å². The van der Waals surface area contributed by atoms with Gasteiger partial charge in [-0.05, 0) is 35.4 Å². The van der Waals surface area contributed by atoms with Crippen molar-refractivity contribution in [1.29, 1.82) is 0 Å². The lowest BCUT2D eigenvalue weighted by Gasteiger charge is -2.07. The van der Waals surface area contributed by atoms with E-state index in [0.717, 1.165) is 10.9 Å². The van der Waals surface area contributed by atoms with Gasteiger partial charge in [0.05, 0.1) is 11.7 Å². The molecule has 0 radical (unpaired) electrons. The Bertz CT molecular complexity index is 544. The number of fused-ring (bicyclic) bond motifs is 1. The van der Waals surface area contributed by atoms with Gasteiger partial charge in [-0.15, -0.1) is 0 Å². The molecule has 2 rings (SSSR count). The third kappa shape index (κ3) is 1.77. The van der Waals surface area contributed by atoms with Crippen LogP contribution < -0.4 is 0 Å². The van der Waals surface area contributed by atoms with E-state index >= 15 is 0 Å². The van der Waals surface area contributed by atoms with Crippen LogP contribution in [0, 0.1) is 0 Å². The molecule has 0 heterocycles. The van der Waals surface area contributed by atoms with Gasteiger partial charge in [-0.1, -0.05) is 24.3 Å². The van der Waals surface area contributed by atoms with Crippen LogP contribution in [-0.2, 0) is 0 Å². The summed E-state index contributed by atoms with van der Waals surface area (Å²) in [5.41, 5.74) is 1.07. The molecule has 0 aromatic heterocycles. The maximum absolute atomic E-state index is 11.0. The Balaban J connectivity index is 2.69. The summed E-state index contributed by atoms with van der Waals surface area (Å²) in [5.74, 6) is -0.935. The molecule has 0 bridgehead atoms. The molecular formula is C13H12O3. The number of carbonyl (C=O) groups is 1. The quantitative estimate of drug-likeness (QED) is 0.811. The van der Waals surface area contributed by atoms with Crippen molar-refractivity contribution in [2.45, 2.75) is 13.0 Å². The molecular weight excluding hydrogens is 204 g/mol. The van der Waals surface area contributed by atoms with E-state index in [1.165, 1.54) is 0 Å². The average molecular weight is 216 g/mol. The normalized spacial score (nSPS) is 12.6. The first kappa shape index (κ1) is 10.6. The lowest BCUT2D eigenvalue weighted by atomic mass is 10.0. The van der Waals surface area contributed by atoms with Gasteiger partial charge in [-0.3, -0.25) is 0 Å². The maximum atomic E-state index is 11.0. The van der Waals surface area contributed by atoms with Gasteiger partial charge in [0.25, 0.3) is 0 Å². The number of carboxylic acid groups (broad SMARTS) is 1. The molecule has 1 atom stereocenters. The molecule has 82 valence electrons. The van der Waals surface area contributed by atoms with E-state index in [4.69, 9.17) is 5.11 Å². The summed E-state index contributed by atoms with van der Waals surface area (Å²) in [7, 11) is 0. The number of aromatic carboxylic acids is 1. The first-order valence-electron chi connectivity index (χ1n) is 5.03. The number of aliphatic hydroxyl groups excluding tert-OH is 1. The Hall–Kier alpha value is -1.87. The number of hydrogen-bond donors (Lipinski definition) is 2. The number of benzene rings is 2. The van der Waals surface area contributed by atoms with Gasteiger partial charge in [-0.2, -0.15) is 0 Å². The molecule has 0 amide bonds. The highest BCUT2D eigenvalue weighted by Gasteiger charge is 2.09. The molecule has 3 nitrogen and oxygen atoms in total. The predicted molar refractivity (Wildman–Crippen MR) is 61.5 cm³/mol. The fraction of sp³-hybridized carbons (Fsp3) is 0.154. The van der Waals surface area contributed by atoms with E-state index in [-0.39, 0.29) is 5.56 Å². The molecule has 0 aliphatic carbocycles. The van der Waals surface area contributed by atoms with Crippen molar-refractivity contribution in [2.75, 3.05) is 0 Å². The number of rotatable bonds is 2. The predicted octanol–water partition coefficient (Wildman–Crippen LogP) is 2.59. The van der Waals surface area contributed by atoms with Gasteiger partial charge < -0.3 is 10.2 Å². The second-order valence-electron chi connectivity index (χ2n) is 3.77. The lowest BCUT2D eigenvalue weighted by Crippen LogP contribution is -1.98. The van der Waals surface area contributed by atoms with Crippen LogP contribution in [-0.4, -0.2) is 16.2 Å². The van der Waals surface area contributed by atoms with Gasteiger partial charge in [0.15, 0.2) is 0 Å². The first-order chi connectivity index (χ1) is 7.59. The minimum Gasteiger partial charge on any atom is -0.478 e.